The Morgan fingerprint density at radius 3 is 2.33 bits per heavy atom. The lowest BCUT2D eigenvalue weighted by Gasteiger charge is -2.20. The summed E-state index contributed by atoms with van der Waals surface area (Å²) in [7, 11) is 0. The summed E-state index contributed by atoms with van der Waals surface area (Å²) in [5.74, 6) is -0.816. The molecule has 4 nitrogen and oxygen atoms in total. The summed E-state index contributed by atoms with van der Waals surface area (Å²) >= 11 is 0. The molecule has 0 saturated heterocycles. The summed E-state index contributed by atoms with van der Waals surface area (Å²) in [5, 5.41) is 8.79. The molecule has 1 saturated carbocycles. The molecule has 0 aromatic heterocycles. The summed E-state index contributed by atoms with van der Waals surface area (Å²) in [4.78, 5) is 24.7. The Morgan fingerprint density at radius 2 is 1.89 bits per heavy atom. The van der Waals surface area contributed by atoms with Crippen molar-refractivity contribution < 1.29 is 14.7 Å². The topological polar surface area (TPSA) is 57.6 Å². The Hall–Kier alpha value is -1.84. The van der Waals surface area contributed by atoms with E-state index in [4.69, 9.17) is 5.11 Å². The van der Waals surface area contributed by atoms with Gasteiger partial charge >= 0.3 is 5.97 Å². The summed E-state index contributed by atoms with van der Waals surface area (Å²) in [5.41, 5.74) is 1.12. The predicted octanol–water partition coefficient (Wildman–Crippen LogP) is 1.94. The highest BCUT2D eigenvalue weighted by Gasteiger charge is 2.30. The Balaban J connectivity index is 2.00. The molecule has 1 amide bonds. The molecule has 2 rings (SSSR count). The van der Waals surface area contributed by atoms with Gasteiger partial charge in [-0.3, -0.25) is 4.79 Å². The van der Waals surface area contributed by atoms with Crippen molar-refractivity contribution in [2.45, 2.75) is 32.2 Å². The van der Waals surface area contributed by atoms with Gasteiger partial charge in [-0.05, 0) is 37.5 Å². The number of rotatable bonds is 5. The summed E-state index contributed by atoms with van der Waals surface area (Å²) < 4.78 is 0. The zero-order valence-corrected chi connectivity index (χ0v) is 10.4. The van der Waals surface area contributed by atoms with Crippen LogP contribution in [0.1, 0.15) is 35.7 Å². The first-order valence-electron chi connectivity index (χ1n) is 6.23. The van der Waals surface area contributed by atoms with Crippen LogP contribution in [0, 0.1) is 0 Å². The van der Waals surface area contributed by atoms with Gasteiger partial charge in [-0.2, -0.15) is 0 Å². The van der Waals surface area contributed by atoms with Crippen LogP contribution in [0.2, 0.25) is 0 Å². The van der Waals surface area contributed by atoms with Gasteiger partial charge in [0.1, 0.15) is 0 Å². The minimum absolute atomic E-state index is 0.128. The van der Waals surface area contributed by atoms with Gasteiger partial charge in [-0.1, -0.05) is 12.1 Å². The molecule has 1 aliphatic carbocycles. The maximum absolute atomic E-state index is 12.1. The first-order chi connectivity index (χ1) is 8.61. The number of amides is 1. The van der Waals surface area contributed by atoms with Crippen LogP contribution < -0.4 is 0 Å². The summed E-state index contributed by atoms with van der Waals surface area (Å²) in [6.45, 7) is 2.74. The van der Waals surface area contributed by atoms with Crippen LogP contribution in [-0.2, 0) is 11.2 Å². The number of likely N-dealkylation sites (N-methyl/N-ethyl adjacent to an activating group) is 1. The van der Waals surface area contributed by atoms with E-state index in [1.165, 1.54) is 0 Å². The maximum atomic E-state index is 12.1. The largest absolute Gasteiger partial charge is 0.478 e. The third-order valence-electron chi connectivity index (χ3n) is 3.20. The molecule has 18 heavy (non-hydrogen) atoms. The molecule has 0 radical (unpaired) electrons. The fourth-order valence-corrected chi connectivity index (χ4v) is 2.07. The number of benzene rings is 1. The average Bonchev–Trinajstić information content (AvgIpc) is 3.15. The number of hydrogen-bond acceptors (Lipinski definition) is 2. The van der Waals surface area contributed by atoms with E-state index in [9.17, 15) is 9.59 Å². The lowest BCUT2D eigenvalue weighted by atomic mass is 10.1. The van der Waals surface area contributed by atoms with Crippen molar-refractivity contribution in [1.29, 1.82) is 0 Å². The molecule has 0 atom stereocenters. The molecule has 4 heteroatoms. The maximum Gasteiger partial charge on any atom is 0.335 e. The van der Waals surface area contributed by atoms with Crippen LogP contribution in [0.15, 0.2) is 24.3 Å². The molecular formula is C14H17NO3. The number of aromatic carboxylic acids is 1. The van der Waals surface area contributed by atoms with Crippen LogP contribution in [0.4, 0.5) is 0 Å². The molecule has 0 unspecified atom stereocenters. The van der Waals surface area contributed by atoms with Crippen molar-refractivity contribution in [3.8, 4) is 0 Å². The van der Waals surface area contributed by atoms with Gasteiger partial charge in [0.25, 0.3) is 0 Å². The molecule has 96 valence electrons. The molecule has 1 N–H and O–H groups in total. The fraction of sp³-hybridized carbons (Fsp3) is 0.429. The van der Waals surface area contributed by atoms with Crippen molar-refractivity contribution >= 4 is 11.9 Å². The van der Waals surface area contributed by atoms with Gasteiger partial charge in [0.15, 0.2) is 0 Å². The minimum atomic E-state index is -0.943. The molecular weight excluding hydrogens is 230 g/mol. The number of nitrogens with zero attached hydrogens (tertiary/aromatic N) is 1. The van der Waals surface area contributed by atoms with Crippen molar-refractivity contribution in [2.75, 3.05) is 6.54 Å². The van der Waals surface area contributed by atoms with Gasteiger partial charge < -0.3 is 10.0 Å². The van der Waals surface area contributed by atoms with E-state index < -0.39 is 5.97 Å². The van der Waals surface area contributed by atoms with E-state index in [0.29, 0.717) is 12.5 Å². The normalized spacial score (nSPS) is 14.3. The van der Waals surface area contributed by atoms with Crippen molar-refractivity contribution in [3.63, 3.8) is 0 Å². The number of carboxylic acid groups (broad SMARTS) is 1. The molecule has 1 aromatic carbocycles. The molecule has 0 aliphatic heterocycles. The zero-order valence-electron chi connectivity index (χ0n) is 10.4. The fourth-order valence-electron chi connectivity index (χ4n) is 2.07. The van der Waals surface area contributed by atoms with E-state index in [1.54, 1.807) is 24.3 Å². The van der Waals surface area contributed by atoms with Gasteiger partial charge in [0, 0.05) is 12.6 Å². The van der Waals surface area contributed by atoms with Gasteiger partial charge in [0.2, 0.25) is 5.91 Å². The number of carbonyl (C=O) groups excluding carboxylic acids is 1. The predicted molar refractivity (Wildman–Crippen MR) is 67.5 cm³/mol. The summed E-state index contributed by atoms with van der Waals surface area (Å²) in [6, 6.07) is 6.93. The van der Waals surface area contributed by atoms with Gasteiger partial charge in [0.05, 0.1) is 12.0 Å². The second kappa shape index (κ2) is 5.21. The smallest absolute Gasteiger partial charge is 0.335 e. The third kappa shape index (κ3) is 2.88. The Labute approximate surface area is 106 Å². The summed E-state index contributed by atoms with van der Waals surface area (Å²) in [6.07, 6.45) is 2.57. The molecule has 0 bridgehead atoms. The second-order valence-corrected chi connectivity index (χ2v) is 4.59. The SMILES string of the molecule is CCN(C(=O)Cc1ccc(C(=O)O)cc1)C1CC1. The Morgan fingerprint density at radius 1 is 1.28 bits per heavy atom. The highest BCUT2D eigenvalue weighted by Crippen LogP contribution is 2.27. The zero-order chi connectivity index (χ0) is 13.1. The molecule has 1 fully saturated rings. The van der Waals surface area contributed by atoms with Gasteiger partial charge in [-0.25, -0.2) is 4.79 Å². The lowest BCUT2D eigenvalue weighted by Crippen LogP contribution is -2.34. The van der Waals surface area contributed by atoms with E-state index in [0.717, 1.165) is 24.9 Å². The van der Waals surface area contributed by atoms with Crippen molar-refractivity contribution in [2.24, 2.45) is 0 Å². The van der Waals surface area contributed by atoms with Crippen molar-refractivity contribution in [1.82, 2.24) is 4.90 Å². The highest BCUT2D eigenvalue weighted by atomic mass is 16.4. The lowest BCUT2D eigenvalue weighted by molar-refractivity contribution is -0.130. The Bertz CT molecular complexity index is 449. The third-order valence-corrected chi connectivity index (χ3v) is 3.20. The average molecular weight is 247 g/mol. The standard InChI is InChI=1S/C14H17NO3/c1-2-15(12-7-8-12)13(16)9-10-3-5-11(6-4-10)14(17)18/h3-6,12H,2,7-9H2,1H3,(H,17,18). The van der Waals surface area contributed by atoms with E-state index in [2.05, 4.69) is 0 Å². The van der Waals surface area contributed by atoms with E-state index >= 15 is 0 Å². The minimum Gasteiger partial charge on any atom is -0.478 e. The highest BCUT2D eigenvalue weighted by molar-refractivity contribution is 5.87. The van der Waals surface area contributed by atoms with Crippen LogP contribution in [0.3, 0.4) is 0 Å². The molecule has 0 heterocycles. The first kappa shape index (κ1) is 12.6. The van der Waals surface area contributed by atoms with E-state index in [1.807, 2.05) is 11.8 Å². The number of carboxylic acids is 1. The quantitative estimate of drug-likeness (QED) is 0.865. The number of hydrogen-bond donors (Lipinski definition) is 1. The molecule has 1 aromatic rings. The van der Waals surface area contributed by atoms with E-state index in [-0.39, 0.29) is 11.5 Å². The molecule has 1 aliphatic rings. The monoisotopic (exact) mass is 247 g/mol. The van der Waals surface area contributed by atoms with Crippen LogP contribution >= 0.6 is 0 Å². The van der Waals surface area contributed by atoms with Crippen LogP contribution in [0.5, 0.6) is 0 Å². The van der Waals surface area contributed by atoms with Crippen LogP contribution in [0.25, 0.3) is 0 Å². The Kier molecular flexibility index (Phi) is 3.65. The van der Waals surface area contributed by atoms with Crippen LogP contribution in [-0.4, -0.2) is 34.5 Å². The van der Waals surface area contributed by atoms with Crippen molar-refractivity contribution in [3.05, 3.63) is 35.4 Å². The second-order valence-electron chi connectivity index (χ2n) is 4.59. The first-order valence-corrected chi connectivity index (χ1v) is 6.23. The number of carbonyl (C=O) groups is 2. The molecule has 0 spiro atoms. The van der Waals surface area contributed by atoms with Gasteiger partial charge in [-0.15, -0.1) is 0 Å².